The first-order valence-electron chi connectivity index (χ1n) is 5.02. The number of aromatic nitrogens is 2. The van der Waals surface area contributed by atoms with Crippen molar-refractivity contribution in [3.8, 4) is 0 Å². The van der Waals surface area contributed by atoms with Crippen LogP contribution in [0.25, 0.3) is 0 Å². The molecule has 1 saturated carbocycles. The lowest BCUT2D eigenvalue weighted by atomic mass is 10.3. The Balaban J connectivity index is 2.33. The van der Waals surface area contributed by atoms with Crippen molar-refractivity contribution in [3.63, 3.8) is 0 Å². The topological polar surface area (TPSA) is 96.4 Å². The zero-order chi connectivity index (χ0) is 10.8. The van der Waals surface area contributed by atoms with E-state index in [4.69, 9.17) is 10.9 Å². The highest BCUT2D eigenvalue weighted by molar-refractivity contribution is 5.94. The predicted molar refractivity (Wildman–Crippen MR) is 55.1 cm³/mol. The SMILES string of the molecule is N/C(=N/O)c1cc(=O)n(C2CCCC2)[nH]1. The van der Waals surface area contributed by atoms with Gasteiger partial charge in [-0.1, -0.05) is 18.0 Å². The molecule has 1 aliphatic carbocycles. The quantitative estimate of drug-likeness (QED) is 0.285. The van der Waals surface area contributed by atoms with Gasteiger partial charge in [0.1, 0.15) is 5.69 Å². The molecule has 15 heavy (non-hydrogen) atoms. The van der Waals surface area contributed by atoms with E-state index in [-0.39, 0.29) is 17.4 Å². The number of rotatable bonds is 2. The molecule has 0 bridgehead atoms. The van der Waals surface area contributed by atoms with E-state index in [2.05, 4.69) is 10.3 Å². The summed E-state index contributed by atoms with van der Waals surface area (Å²) in [5.74, 6) is -0.0659. The van der Waals surface area contributed by atoms with Crippen molar-refractivity contribution < 1.29 is 5.21 Å². The van der Waals surface area contributed by atoms with Gasteiger partial charge in [-0.05, 0) is 12.8 Å². The first-order chi connectivity index (χ1) is 7.22. The number of nitrogens with two attached hydrogens (primary N) is 1. The Hall–Kier alpha value is -1.72. The Morgan fingerprint density at radius 1 is 1.60 bits per heavy atom. The molecule has 0 amide bonds. The Morgan fingerprint density at radius 2 is 2.27 bits per heavy atom. The fourth-order valence-electron chi connectivity index (χ4n) is 2.03. The number of oxime groups is 1. The van der Waals surface area contributed by atoms with Crippen molar-refractivity contribution in [3.05, 3.63) is 22.1 Å². The predicted octanol–water partition coefficient (Wildman–Crippen LogP) is 0.386. The monoisotopic (exact) mass is 210 g/mol. The van der Waals surface area contributed by atoms with E-state index < -0.39 is 0 Å². The number of nitrogens with one attached hydrogen (secondary N) is 1. The number of hydrogen-bond acceptors (Lipinski definition) is 3. The van der Waals surface area contributed by atoms with Gasteiger partial charge in [0.2, 0.25) is 0 Å². The van der Waals surface area contributed by atoms with E-state index in [1.807, 2.05) is 0 Å². The highest BCUT2D eigenvalue weighted by Gasteiger charge is 2.19. The van der Waals surface area contributed by atoms with Crippen LogP contribution in [0.1, 0.15) is 37.4 Å². The van der Waals surface area contributed by atoms with Crippen molar-refractivity contribution in [2.45, 2.75) is 31.7 Å². The fraction of sp³-hybridized carbons (Fsp3) is 0.556. The number of amidine groups is 1. The van der Waals surface area contributed by atoms with Crippen LogP contribution in [0, 0.1) is 0 Å². The summed E-state index contributed by atoms with van der Waals surface area (Å²) < 4.78 is 1.57. The molecular weight excluding hydrogens is 196 g/mol. The molecule has 1 aromatic rings. The van der Waals surface area contributed by atoms with E-state index >= 15 is 0 Å². The van der Waals surface area contributed by atoms with Crippen LogP contribution in [0.5, 0.6) is 0 Å². The second kappa shape index (κ2) is 3.80. The highest BCUT2D eigenvalue weighted by atomic mass is 16.4. The Kier molecular flexibility index (Phi) is 2.49. The molecule has 0 aliphatic heterocycles. The third kappa shape index (κ3) is 1.74. The van der Waals surface area contributed by atoms with Crippen molar-refractivity contribution in [2.75, 3.05) is 0 Å². The van der Waals surface area contributed by atoms with Crippen molar-refractivity contribution in [1.82, 2.24) is 9.78 Å². The molecule has 6 heteroatoms. The van der Waals surface area contributed by atoms with Crippen LogP contribution in [-0.2, 0) is 0 Å². The summed E-state index contributed by atoms with van der Waals surface area (Å²) in [4.78, 5) is 11.6. The summed E-state index contributed by atoms with van der Waals surface area (Å²) >= 11 is 0. The molecule has 0 unspecified atom stereocenters. The standard InChI is InChI=1S/C9H14N4O2/c10-9(12-15)7-5-8(14)13(11-7)6-3-1-2-4-6/h5-6,11,15H,1-4H2,(H2,10,12). The first kappa shape index (κ1) is 9.82. The van der Waals surface area contributed by atoms with Crippen LogP contribution in [-0.4, -0.2) is 20.8 Å². The van der Waals surface area contributed by atoms with Crippen molar-refractivity contribution >= 4 is 5.84 Å². The molecule has 6 nitrogen and oxygen atoms in total. The fourth-order valence-corrected chi connectivity index (χ4v) is 2.03. The van der Waals surface area contributed by atoms with Crippen LogP contribution in [0.4, 0.5) is 0 Å². The van der Waals surface area contributed by atoms with Gasteiger partial charge < -0.3 is 10.9 Å². The average molecular weight is 210 g/mol. The maximum Gasteiger partial charge on any atom is 0.267 e. The third-order valence-corrected chi connectivity index (χ3v) is 2.82. The molecule has 2 rings (SSSR count). The molecule has 1 aromatic heterocycles. The van der Waals surface area contributed by atoms with E-state index in [0.29, 0.717) is 5.69 Å². The van der Waals surface area contributed by atoms with Gasteiger partial charge in [-0.25, -0.2) is 4.68 Å². The first-order valence-corrected chi connectivity index (χ1v) is 5.02. The summed E-state index contributed by atoms with van der Waals surface area (Å²) in [7, 11) is 0. The molecular formula is C9H14N4O2. The minimum atomic E-state index is -0.122. The molecule has 4 N–H and O–H groups in total. The lowest BCUT2D eigenvalue weighted by molar-refractivity contribution is 0.318. The summed E-state index contributed by atoms with van der Waals surface area (Å²) in [5.41, 5.74) is 5.64. The molecule has 1 aliphatic rings. The molecule has 0 saturated heterocycles. The highest BCUT2D eigenvalue weighted by Crippen LogP contribution is 2.27. The van der Waals surface area contributed by atoms with Crippen molar-refractivity contribution in [1.29, 1.82) is 0 Å². The van der Waals surface area contributed by atoms with E-state index in [1.54, 1.807) is 4.68 Å². The van der Waals surface area contributed by atoms with Gasteiger partial charge in [0.05, 0.1) is 6.04 Å². The Labute approximate surface area is 86.4 Å². The van der Waals surface area contributed by atoms with Gasteiger partial charge in [-0.3, -0.25) is 9.89 Å². The maximum atomic E-state index is 11.6. The van der Waals surface area contributed by atoms with E-state index in [1.165, 1.54) is 6.07 Å². The molecule has 0 atom stereocenters. The zero-order valence-corrected chi connectivity index (χ0v) is 8.31. The van der Waals surface area contributed by atoms with Gasteiger partial charge in [-0.15, -0.1) is 0 Å². The largest absolute Gasteiger partial charge is 0.409 e. The van der Waals surface area contributed by atoms with Crippen LogP contribution in [0.2, 0.25) is 0 Å². The van der Waals surface area contributed by atoms with Gasteiger partial charge in [-0.2, -0.15) is 0 Å². The third-order valence-electron chi connectivity index (χ3n) is 2.82. The molecule has 1 heterocycles. The van der Waals surface area contributed by atoms with Gasteiger partial charge in [0.15, 0.2) is 5.84 Å². The number of aromatic amines is 1. The van der Waals surface area contributed by atoms with Gasteiger partial charge in [0.25, 0.3) is 5.56 Å². The molecule has 1 fully saturated rings. The number of H-pyrrole nitrogens is 1. The Morgan fingerprint density at radius 3 is 2.87 bits per heavy atom. The Bertz CT molecular complexity index is 426. The second-order valence-corrected chi connectivity index (χ2v) is 3.80. The molecule has 0 aromatic carbocycles. The molecule has 0 spiro atoms. The lowest BCUT2D eigenvalue weighted by Gasteiger charge is -2.09. The minimum Gasteiger partial charge on any atom is -0.409 e. The van der Waals surface area contributed by atoms with Gasteiger partial charge in [0, 0.05) is 6.07 Å². The summed E-state index contributed by atoms with van der Waals surface area (Å²) in [6, 6.07) is 1.59. The average Bonchev–Trinajstić information content (AvgIpc) is 2.84. The zero-order valence-electron chi connectivity index (χ0n) is 8.31. The summed E-state index contributed by atoms with van der Waals surface area (Å²) in [6.07, 6.45) is 4.32. The lowest BCUT2D eigenvalue weighted by Crippen LogP contribution is -2.20. The van der Waals surface area contributed by atoms with Crippen molar-refractivity contribution in [2.24, 2.45) is 10.9 Å². The number of nitrogens with zero attached hydrogens (tertiary/aromatic N) is 2. The smallest absolute Gasteiger partial charge is 0.267 e. The second-order valence-electron chi connectivity index (χ2n) is 3.80. The van der Waals surface area contributed by atoms with Crippen LogP contribution in [0.3, 0.4) is 0 Å². The van der Waals surface area contributed by atoms with Crippen LogP contribution < -0.4 is 11.3 Å². The normalized spacial score (nSPS) is 18.5. The minimum absolute atomic E-state index is 0.0659. The summed E-state index contributed by atoms with van der Waals surface area (Å²) in [5, 5.41) is 14.2. The van der Waals surface area contributed by atoms with Crippen LogP contribution in [0.15, 0.2) is 16.0 Å². The summed E-state index contributed by atoms with van der Waals surface area (Å²) in [6.45, 7) is 0. The van der Waals surface area contributed by atoms with E-state index in [9.17, 15) is 4.79 Å². The van der Waals surface area contributed by atoms with E-state index in [0.717, 1.165) is 25.7 Å². The van der Waals surface area contributed by atoms with Crippen LogP contribution >= 0.6 is 0 Å². The molecule has 82 valence electrons. The number of hydrogen-bond donors (Lipinski definition) is 3. The molecule has 0 radical (unpaired) electrons. The maximum absolute atomic E-state index is 11.6. The van der Waals surface area contributed by atoms with Gasteiger partial charge >= 0.3 is 0 Å².